The summed E-state index contributed by atoms with van der Waals surface area (Å²) in [7, 11) is 0. The van der Waals surface area contributed by atoms with Gasteiger partial charge in [-0.05, 0) is 43.0 Å². The lowest BCUT2D eigenvalue weighted by atomic mass is 10.1. The second kappa shape index (κ2) is 10.4. The van der Waals surface area contributed by atoms with Crippen LogP contribution < -0.4 is 26.0 Å². The number of alkyl halides is 2. The molecule has 0 aliphatic carbocycles. The molecule has 2 aliphatic heterocycles. The van der Waals surface area contributed by atoms with Gasteiger partial charge in [0.05, 0.1) is 17.6 Å². The van der Waals surface area contributed by atoms with Gasteiger partial charge in [-0.15, -0.1) is 11.3 Å². The average Bonchev–Trinajstić information content (AvgIpc) is 3.51. The number of nitrogens with one attached hydrogen (secondary N) is 2. The molecule has 2 fully saturated rings. The number of carbonyl (C=O) groups is 1. The number of halogens is 3. The number of rotatable bonds is 8. The number of piperazine rings is 1. The Balaban J connectivity index is 1.38. The van der Waals surface area contributed by atoms with E-state index in [0.717, 1.165) is 38.3 Å². The van der Waals surface area contributed by atoms with Gasteiger partial charge in [-0.1, -0.05) is 11.6 Å². The van der Waals surface area contributed by atoms with E-state index >= 15 is 0 Å². The van der Waals surface area contributed by atoms with Gasteiger partial charge < -0.3 is 26.0 Å². The molecule has 1 amide bonds. The summed E-state index contributed by atoms with van der Waals surface area (Å²) >= 11 is 7.41. The van der Waals surface area contributed by atoms with Crippen molar-refractivity contribution < 1.29 is 18.3 Å². The van der Waals surface area contributed by atoms with Gasteiger partial charge in [0, 0.05) is 37.4 Å². The molecule has 13 heteroatoms. The number of primary amides is 1. The van der Waals surface area contributed by atoms with Gasteiger partial charge in [-0.3, -0.25) is 9.69 Å². The number of fused-ring (bicyclic) bond motifs is 1. The van der Waals surface area contributed by atoms with Crippen LogP contribution in [0.4, 0.5) is 37.6 Å². The minimum atomic E-state index is -3.00. The number of aromatic nitrogens is 2. The number of ether oxygens (including phenoxy) is 1. The molecule has 3 aromatic rings. The van der Waals surface area contributed by atoms with Crippen molar-refractivity contribution in [2.45, 2.75) is 25.5 Å². The third-order valence-corrected chi connectivity index (χ3v) is 7.47. The molecule has 0 bridgehead atoms. The van der Waals surface area contributed by atoms with Gasteiger partial charge in [0.2, 0.25) is 5.95 Å². The summed E-state index contributed by atoms with van der Waals surface area (Å²) < 4.78 is 31.3. The molecular formula is C23H24ClF2N7O2S. The van der Waals surface area contributed by atoms with Crippen molar-refractivity contribution in [1.29, 1.82) is 0 Å². The largest absolute Gasteiger partial charge is 0.433 e. The van der Waals surface area contributed by atoms with E-state index in [4.69, 9.17) is 22.1 Å². The minimum Gasteiger partial charge on any atom is -0.433 e. The number of nitrogens with two attached hydrogens (primary N) is 1. The zero-order chi connectivity index (χ0) is 25.2. The predicted molar refractivity (Wildman–Crippen MR) is 136 cm³/mol. The molecule has 1 atom stereocenters. The van der Waals surface area contributed by atoms with Crippen molar-refractivity contribution in [3.63, 3.8) is 0 Å². The van der Waals surface area contributed by atoms with Crippen molar-refractivity contribution >= 4 is 57.7 Å². The first-order valence-corrected chi connectivity index (χ1v) is 12.6. The van der Waals surface area contributed by atoms with Crippen LogP contribution in [0.25, 0.3) is 0 Å². The van der Waals surface area contributed by atoms with Crippen LogP contribution in [-0.2, 0) is 0 Å². The molecule has 4 heterocycles. The van der Waals surface area contributed by atoms with Gasteiger partial charge in [-0.25, -0.2) is 4.98 Å². The molecule has 2 saturated heterocycles. The third kappa shape index (κ3) is 5.30. The van der Waals surface area contributed by atoms with E-state index in [-0.39, 0.29) is 28.2 Å². The van der Waals surface area contributed by atoms with Gasteiger partial charge in [0.25, 0.3) is 5.91 Å². The first-order valence-electron chi connectivity index (χ1n) is 11.4. The summed E-state index contributed by atoms with van der Waals surface area (Å²) in [5, 5.41) is 7.81. The Bertz CT molecular complexity index is 1260. The van der Waals surface area contributed by atoms with Crippen molar-refractivity contribution in [1.82, 2.24) is 14.9 Å². The van der Waals surface area contributed by atoms with Crippen molar-refractivity contribution in [2.24, 2.45) is 5.73 Å². The first kappa shape index (κ1) is 24.5. The van der Waals surface area contributed by atoms with Crippen molar-refractivity contribution in [2.75, 3.05) is 41.7 Å². The molecule has 190 valence electrons. The number of thiophene rings is 1. The zero-order valence-electron chi connectivity index (χ0n) is 19.1. The number of carbonyl (C=O) groups excluding carboxylic acids is 1. The van der Waals surface area contributed by atoms with Crippen LogP contribution in [0.2, 0.25) is 5.02 Å². The quantitative estimate of drug-likeness (QED) is 0.382. The maximum Gasteiger partial charge on any atom is 0.387 e. The summed E-state index contributed by atoms with van der Waals surface area (Å²) in [4.78, 5) is 25.1. The Hall–Kier alpha value is -3.22. The Morgan fingerprint density at radius 3 is 2.89 bits per heavy atom. The first-order chi connectivity index (χ1) is 17.4. The van der Waals surface area contributed by atoms with E-state index in [1.165, 1.54) is 24.0 Å². The number of hydrogen-bond acceptors (Lipinski definition) is 9. The molecule has 9 nitrogen and oxygen atoms in total. The van der Waals surface area contributed by atoms with Gasteiger partial charge >= 0.3 is 6.61 Å². The van der Waals surface area contributed by atoms with E-state index in [9.17, 15) is 13.6 Å². The summed E-state index contributed by atoms with van der Waals surface area (Å²) in [6.45, 7) is 0.747. The molecule has 2 aliphatic rings. The fourth-order valence-electron chi connectivity index (χ4n) is 4.59. The lowest BCUT2D eigenvalue weighted by molar-refractivity contribution is -0.0493. The van der Waals surface area contributed by atoms with Crippen LogP contribution in [0.3, 0.4) is 0 Å². The normalized spacial score (nSPS) is 17.8. The third-order valence-electron chi connectivity index (χ3n) is 6.27. The fourth-order valence-corrected chi connectivity index (χ4v) is 5.43. The highest BCUT2D eigenvalue weighted by Crippen LogP contribution is 2.35. The van der Waals surface area contributed by atoms with E-state index in [2.05, 4.69) is 30.4 Å². The predicted octanol–water partition coefficient (Wildman–Crippen LogP) is 4.66. The standard InChI is InChI=1S/C23H24ClF2N7O2S/c24-15-11-28-23(31-21(15)29-17-5-9-36-19(17)20(27)34)30-16-4-3-13(10-18(16)35-22(25)26)33-8-7-32-6-1-2-14(32)12-33/h3-5,9-11,14,22H,1-2,6-8,12H2,(H2,27,34)(H2,28,29,30,31)/t14-/m1/s1. The highest BCUT2D eigenvalue weighted by atomic mass is 35.5. The smallest absolute Gasteiger partial charge is 0.387 e. The maximum absolute atomic E-state index is 13.3. The van der Waals surface area contributed by atoms with Gasteiger partial charge in [0.1, 0.15) is 9.90 Å². The molecule has 1 aromatic carbocycles. The monoisotopic (exact) mass is 535 g/mol. The number of amides is 1. The van der Waals surface area contributed by atoms with Crippen LogP contribution >= 0.6 is 22.9 Å². The number of hydrogen-bond donors (Lipinski definition) is 3. The lowest BCUT2D eigenvalue weighted by Crippen LogP contribution is -2.50. The molecule has 5 rings (SSSR count). The molecule has 0 unspecified atom stereocenters. The Labute approximate surface area is 215 Å². The second-order valence-corrected chi connectivity index (χ2v) is 9.83. The molecule has 0 saturated carbocycles. The lowest BCUT2D eigenvalue weighted by Gasteiger charge is -2.39. The Kier molecular flexibility index (Phi) is 7.08. The zero-order valence-corrected chi connectivity index (χ0v) is 20.7. The number of anilines is 5. The molecule has 2 aromatic heterocycles. The van der Waals surface area contributed by atoms with Crippen LogP contribution in [0.5, 0.6) is 5.75 Å². The summed E-state index contributed by atoms with van der Waals surface area (Å²) in [6.07, 6.45) is 3.70. The van der Waals surface area contributed by atoms with E-state index in [1.54, 1.807) is 23.6 Å². The van der Waals surface area contributed by atoms with E-state index < -0.39 is 12.5 Å². The number of benzene rings is 1. The highest BCUT2D eigenvalue weighted by Gasteiger charge is 2.31. The molecule has 36 heavy (non-hydrogen) atoms. The SMILES string of the molecule is NC(=O)c1sccc1Nc1nc(Nc2ccc(N3CCN4CCC[C@@H]4C3)cc2OC(F)F)ncc1Cl. The van der Waals surface area contributed by atoms with Crippen molar-refractivity contribution in [3.05, 3.63) is 45.7 Å². The van der Waals surface area contributed by atoms with Crippen LogP contribution in [-0.4, -0.2) is 59.6 Å². The summed E-state index contributed by atoms with van der Waals surface area (Å²) in [6, 6.07) is 7.31. The average molecular weight is 536 g/mol. The topological polar surface area (TPSA) is 109 Å². The summed E-state index contributed by atoms with van der Waals surface area (Å²) in [5.74, 6) is -0.279. The van der Waals surface area contributed by atoms with E-state index in [1.807, 2.05) is 6.07 Å². The maximum atomic E-state index is 13.3. The van der Waals surface area contributed by atoms with Crippen LogP contribution in [0.1, 0.15) is 22.5 Å². The van der Waals surface area contributed by atoms with Gasteiger partial charge in [-0.2, -0.15) is 13.8 Å². The summed E-state index contributed by atoms with van der Waals surface area (Å²) in [5.41, 5.74) is 6.95. The van der Waals surface area contributed by atoms with Gasteiger partial charge in [0.15, 0.2) is 11.6 Å². The van der Waals surface area contributed by atoms with Crippen LogP contribution in [0, 0.1) is 0 Å². The second-order valence-electron chi connectivity index (χ2n) is 8.50. The minimum absolute atomic E-state index is 0.0155. The molecule has 0 spiro atoms. The Morgan fingerprint density at radius 2 is 2.08 bits per heavy atom. The Morgan fingerprint density at radius 1 is 1.22 bits per heavy atom. The van der Waals surface area contributed by atoms with Crippen molar-refractivity contribution in [3.8, 4) is 5.75 Å². The fraction of sp³-hybridized carbons (Fsp3) is 0.348. The number of nitrogens with zero attached hydrogens (tertiary/aromatic N) is 4. The highest BCUT2D eigenvalue weighted by molar-refractivity contribution is 7.12. The molecular weight excluding hydrogens is 512 g/mol. The van der Waals surface area contributed by atoms with E-state index in [0.29, 0.717) is 16.6 Å². The molecule has 0 radical (unpaired) electrons. The molecule has 4 N–H and O–H groups in total. The van der Waals surface area contributed by atoms with Crippen LogP contribution in [0.15, 0.2) is 35.8 Å².